The number of nitrogens with zero attached hydrogens (tertiary/aromatic N) is 1. The van der Waals surface area contributed by atoms with Gasteiger partial charge >= 0.3 is 11.1 Å². The number of amides is 1. The summed E-state index contributed by atoms with van der Waals surface area (Å²) in [6.45, 7) is 3.93. The summed E-state index contributed by atoms with van der Waals surface area (Å²) in [5.41, 5.74) is -0.346. The van der Waals surface area contributed by atoms with Crippen molar-refractivity contribution < 1.29 is 14.4 Å². The highest BCUT2D eigenvalue weighted by Gasteiger charge is 2.46. The summed E-state index contributed by atoms with van der Waals surface area (Å²) in [4.78, 5) is 17.3. The Kier molecular flexibility index (Phi) is 3.02. The Morgan fingerprint density at radius 2 is 2.00 bits per heavy atom. The minimum Gasteiger partial charge on any atom is -0.434 e. The van der Waals surface area contributed by atoms with Crippen LogP contribution in [-0.4, -0.2) is 22.8 Å². The molecule has 0 radical (unpaired) electrons. The Morgan fingerprint density at radius 1 is 1.35 bits per heavy atom. The van der Waals surface area contributed by atoms with Gasteiger partial charge in [-0.1, -0.05) is 30.3 Å². The van der Waals surface area contributed by atoms with Gasteiger partial charge in [-0.25, -0.2) is 0 Å². The summed E-state index contributed by atoms with van der Waals surface area (Å²) in [6, 6.07) is 9.25. The van der Waals surface area contributed by atoms with Crippen LogP contribution < -0.4 is 0 Å². The highest BCUT2D eigenvalue weighted by atomic mass is 32.1. The van der Waals surface area contributed by atoms with Crippen LogP contribution in [-0.2, 0) is 20.0 Å². The fraction of sp³-hybridized carbons (Fsp3) is 0.333. The molecule has 0 N–H and O–H groups in total. The molecule has 1 aromatic rings. The molecule has 1 unspecified atom stereocenters. The molecule has 0 saturated carbocycles. The molecule has 1 atom stereocenters. The van der Waals surface area contributed by atoms with E-state index in [0.29, 0.717) is 6.54 Å². The van der Waals surface area contributed by atoms with E-state index >= 15 is 0 Å². The Bertz CT molecular complexity index is 448. The molecule has 2 rings (SSSR count). The Labute approximate surface area is 105 Å². The first-order valence-corrected chi connectivity index (χ1v) is 5.77. The molecule has 4 nitrogen and oxygen atoms in total. The van der Waals surface area contributed by atoms with Crippen LogP contribution in [0.15, 0.2) is 30.3 Å². The van der Waals surface area contributed by atoms with Gasteiger partial charge in [0.15, 0.2) is 0 Å². The van der Waals surface area contributed by atoms with Gasteiger partial charge in [-0.05, 0) is 13.8 Å². The van der Waals surface area contributed by atoms with Crippen LogP contribution in [0, 0.1) is 0 Å². The summed E-state index contributed by atoms with van der Waals surface area (Å²) < 4.78 is 5.42. The van der Waals surface area contributed by atoms with Crippen LogP contribution in [0.1, 0.15) is 19.4 Å². The molecule has 1 heterocycles. The van der Waals surface area contributed by atoms with Crippen molar-refractivity contribution in [2.75, 3.05) is 6.54 Å². The van der Waals surface area contributed by atoms with E-state index < -0.39 is 5.60 Å². The van der Waals surface area contributed by atoms with Gasteiger partial charge in [0, 0.05) is 17.8 Å². The van der Waals surface area contributed by atoms with E-state index in [1.54, 1.807) is 6.92 Å². The quantitative estimate of drug-likeness (QED) is 0.754. The third-order valence-electron chi connectivity index (χ3n) is 2.72. The lowest BCUT2D eigenvalue weighted by Crippen LogP contribution is -2.53. The molecule has 0 aliphatic carbocycles. The number of hydroxylamine groups is 2. The second-order valence-electron chi connectivity index (χ2n) is 3.84. The van der Waals surface area contributed by atoms with Gasteiger partial charge in [0.1, 0.15) is 0 Å². The maximum absolute atomic E-state index is 12.2. The molecule has 1 saturated heterocycles. The highest BCUT2D eigenvalue weighted by Crippen LogP contribution is 2.31. The minimum absolute atomic E-state index is 0.0298. The van der Waals surface area contributed by atoms with E-state index in [-0.39, 0.29) is 11.1 Å². The van der Waals surface area contributed by atoms with E-state index in [1.807, 2.05) is 37.3 Å². The maximum Gasteiger partial charge on any atom is 0.379 e. The molecular formula is C12H13NO3S. The summed E-state index contributed by atoms with van der Waals surface area (Å²) in [5, 5.41) is 1.19. The summed E-state index contributed by atoms with van der Waals surface area (Å²) >= 11 is 4.91. The van der Waals surface area contributed by atoms with Crippen molar-refractivity contribution in [3.05, 3.63) is 35.9 Å². The first-order valence-electron chi connectivity index (χ1n) is 5.36. The molecule has 1 aliphatic rings. The second kappa shape index (κ2) is 4.33. The van der Waals surface area contributed by atoms with Crippen LogP contribution in [0.3, 0.4) is 0 Å². The van der Waals surface area contributed by atoms with Gasteiger partial charge in [-0.15, -0.1) is 0 Å². The van der Waals surface area contributed by atoms with E-state index in [9.17, 15) is 4.79 Å². The van der Waals surface area contributed by atoms with Gasteiger partial charge in [-0.3, -0.25) is 4.79 Å². The number of carbonyl (C=O) groups excluding carboxylic acids is 1. The smallest absolute Gasteiger partial charge is 0.379 e. The van der Waals surface area contributed by atoms with Gasteiger partial charge < -0.3 is 9.57 Å². The minimum atomic E-state index is -1.10. The van der Waals surface area contributed by atoms with Crippen molar-refractivity contribution in [1.29, 1.82) is 0 Å². The van der Waals surface area contributed by atoms with Crippen molar-refractivity contribution in [2.24, 2.45) is 0 Å². The zero-order valence-electron chi connectivity index (χ0n) is 9.67. The maximum atomic E-state index is 12.2. The largest absolute Gasteiger partial charge is 0.434 e. The van der Waals surface area contributed by atoms with Crippen molar-refractivity contribution in [1.82, 2.24) is 5.06 Å². The molecule has 1 amide bonds. The molecule has 1 fully saturated rings. The molecule has 0 bridgehead atoms. The van der Waals surface area contributed by atoms with Crippen LogP contribution in [0.2, 0.25) is 0 Å². The number of likely N-dealkylation sites (N-methyl/N-ethyl adjacent to an activating group) is 1. The Morgan fingerprint density at radius 3 is 2.59 bits per heavy atom. The molecule has 17 heavy (non-hydrogen) atoms. The molecule has 1 aromatic carbocycles. The van der Waals surface area contributed by atoms with E-state index in [4.69, 9.17) is 21.8 Å². The number of hydrogen-bond acceptors (Lipinski definition) is 4. The van der Waals surface area contributed by atoms with Gasteiger partial charge in [-0.2, -0.15) is 5.06 Å². The molecule has 1 aliphatic heterocycles. The molecule has 0 spiro atoms. The Balaban J connectivity index is 2.41. The van der Waals surface area contributed by atoms with Crippen LogP contribution in [0.25, 0.3) is 0 Å². The highest BCUT2D eigenvalue weighted by molar-refractivity contribution is 7.79. The van der Waals surface area contributed by atoms with E-state index in [0.717, 1.165) is 5.56 Å². The summed E-state index contributed by atoms with van der Waals surface area (Å²) in [5.74, 6) is -0.250. The number of benzene rings is 1. The third-order valence-corrected chi connectivity index (χ3v) is 2.88. The molecule has 0 aromatic heterocycles. The first kappa shape index (κ1) is 11.9. The van der Waals surface area contributed by atoms with Crippen molar-refractivity contribution in [2.45, 2.75) is 19.4 Å². The van der Waals surface area contributed by atoms with E-state index in [2.05, 4.69) is 0 Å². The average Bonchev–Trinajstić information content (AvgIpc) is 2.35. The SMILES string of the molecule is CCN1OC(=S)OC(C)(c2ccccc2)C1=O. The zero-order chi connectivity index (χ0) is 12.5. The van der Waals surface area contributed by atoms with Crippen LogP contribution in [0.4, 0.5) is 0 Å². The predicted molar refractivity (Wildman–Crippen MR) is 65.9 cm³/mol. The predicted octanol–water partition coefficient (Wildman–Crippen LogP) is 2.00. The Hall–Kier alpha value is -1.62. The first-order chi connectivity index (χ1) is 8.08. The van der Waals surface area contributed by atoms with Gasteiger partial charge in [0.2, 0.25) is 5.60 Å². The fourth-order valence-electron chi connectivity index (χ4n) is 1.75. The lowest BCUT2D eigenvalue weighted by molar-refractivity contribution is -0.203. The molecule has 5 heteroatoms. The summed E-state index contributed by atoms with van der Waals surface area (Å²) in [7, 11) is 0. The molecular weight excluding hydrogens is 238 g/mol. The zero-order valence-corrected chi connectivity index (χ0v) is 10.5. The second-order valence-corrected chi connectivity index (χ2v) is 4.18. The summed E-state index contributed by atoms with van der Waals surface area (Å²) in [6.07, 6.45) is 0. The lowest BCUT2D eigenvalue weighted by atomic mass is 9.94. The van der Waals surface area contributed by atoms with Crippen molar-refractivity contribution in [3.8, 4) is 0 Å². The number of thiocarbonyl (C=S) groups is 1. The average molecular weight is 251 g/mol. The standard InChI is InChI=1S/C12H13NO3S/c1-3-13-10(14)12(2,15-11(17)16-13)9-7-5-4-6-8-9/h4-8H,3H2,1-2H3. The normalized spacial score (nSPS) is 24.2. The third kappa shape index (κ3) is 1.98. The number of carbonyl (C=O) groups is 1. The van der Waals surface area contributed by atoms with Gasteiger partial charge in [0.25, 0.3) is 0 Å². The van der Waals surface area contributed by atoms with Crippen molar-refractivity contribution in [3.63, 3.8) is 0 Å². The monoisotopic (exact) mass is 251 g/mol. The number of ether oxygens (including phenoxy) is 1. The molecule has 90 valence electrons. The topological polar surface area (TPSA) is 38.8 Å². The number of hydrogen-bond donors (Lipinski definition) is 0. The van der Waals surface area contributed by atoms with Crippen LogP contribution >= 0.6 is 12.2 Å². The van der Waals surface area contributed by atoms with Gasteiger partial charge in [0.05, 0.1) is 6.54 Å². The number of rotatable bonds is 2. The van der Waals surface area contributed by atoms with Crippen LogP contribution in [0.5, 0.6) is 0 Å². The lowest BCUT2D eigenvalue weighted by Gasteiger charge is -2.38. The fourth-order valence-corrected chi connectivity index (χ4v) is 2.00. The van der Waals surface area contributed by atoms with Crippen molar-refractivity contribution >= 4 is 23.4 Å². The van der Waals surface area contributed by atoms with E-state index in [1.165, 1.54) is 5.06 Å².